The smallest absolute Gasteiger partial charge is 0.417 e. The number of halogens is 3. The van der Waals surface area contributed by atoms with Crippen LogP contribution in [0.2, 0.25) is 0 Å². The Morgan fingerprint density at radius 1 is 1.32 bits per heavy atom. The topological polar surface area (TPSA) is 63.6 Å². The van der Waals surface area contributed by atoms with Crippen molar-refractivity contribution in [3.8, 4) is 0 Å². The summed E-state index contributed by atoms with van der Waals surface area (Å²) >= 11 is 0. The van der Waals surface area contributed by atoms with E-state index >= 15 is 0 Å². The quantitative estimate of drug-likeness (QED) is 0.493. The Balaban J connectivity index is 3.28. The van der Waals surface area contributed by atoms with Crippen LogP contribution in [0.5, 0.6) is 0 Å². The number of hydrogen-bond donors (Lipinski definition) is 1. The number of hydrogen-bond acceptors (Lipinski definition) is 3. The van der Waals surface area contributed by atoms with Gasteiger partial charge in [-0.25, -0.2) is 9.59 Å². The van der Waals surface area contributed by atoms with E-state index in [-0.39, 0.29) is 12.2 Å². The number of ether oxygens (including phenoxy) is 1. The van der Waals surface area contributed by atoms with E-state index in [1.165, 1.54) is 6.07 Å². The van der Waals surface area contributed by atoms with Crippen LogP contribution in [-0.2, 0) is 15.7 Å². The molecule has 0 saturated heterocycles. The van der Waals surface area contributed by atoms with Gasteiger partial charge in [0.1, 0.15) is 0 Å². The predicted molar refractivity (Wildman–Crippen MR) is 73.3 cm³/mol. The first-order chi connectivity index (χ1) is 10.3. The first kappa shape index (κ1) is 17.7. The molecule has 1 aromatic carbocycles. The van der Waals surface area contributed by atoms with Crippen molar-refractivity contribution in [1.82, 2.24) is 0 Å². The van der Waals surface area contributed by atoms with Crippen molar-refractivity contribution in [2.24, 2.45) is 0 Å². The molecule has 22 heavy (non-hydrogen) atoms. The second-order valence-corrected chi connectivity index (χ2v) is 4.43. The number of carbonyl (C=O) groups is 2. The summed E-state index contributed by atoms with van der Waals surface area (Å²) in [4.78, 5) is 22.5. The lowest BCUT2D eigenvalue weighted by Crippen LogP contribution is -2.17. The fourth-order valence-electron chi connectivity index (χ4n) is 1.72. The minimum absolute atomic E-state index is 0.00358. The maximum Gasteiger partial charge on any atom is 0.417 e. The summed E-state index contributed by atoms with van der Waals surface area (Å²) in [5.41, 5.74) is -1.98. The van der Waals surface area contributed by atoms with Crippen LogP contribution in [0.4, 0.5) is 13.2 Å². The molecule has 0 amide bonds. The average Bonchev–Trinajstić information content (AvgIpc) is 2.43. The van der Waals surface area contributed by atoms with Gasteiger partial charge in [-0.05, 0) is 24.1 Å². The van der Waals surface area contributed by atoms with Gasteiger partial charge in [0.25, 0.3) is 0 Å². The van der Waals surface area contributed by atoms with Crippen LogP contribution in [0.1, 0.15) is 41.3 Å². The maximum atomic E-state index is 13.0. The summed E-state index contributed by atoms with van der Waals surface area (Å²) < 4.78 is 43.9. The Kier molecular flexibility index (Phi) is 6.15. The third-order valence-corrected chi connectivity index (χ3v) is 2.74. The maximum absolute atomic E-state index is 13.0. The summed E-state index contributed by atoms with van der Waals surface area (Å²) in [6.07, 6.45) is -1.89. The fourth-order valence-corrected chi connectivity index (χ4v) is 1.72. The van der Waals surface area contributed by atoms with Gasteiger partial charge in [-0.2, -0.15) is 13.2 Å². The van der Waals surface area contributed by atoms with Gasteiger partial charge in [0.05, 0.1) is 17.7 Å². The normalized spacial score (nSPS) is 11.6. The number of aliphatic carboxylic acids is 1. The van der Waals surface area contributed by atoms with E-state index in [2.05, 4.69) is 0 Å². The molecule has 0 radical (unpaired) electrons. The monoisotopic (exact) mass is 316 g/mol. The van der Waals surface area contributed by atoms with E-state index in [9.17, 15) is 22.8 Å². The van der Waals surface area contributed by atoms with E-state index in [4.69, 9.17) is 9.84 Å². The molecule has 0 spiro atoms. The molecule has 0 fully saturated rings. The number of carboxylic acid groups (broad SMARTS) is 1. The Labute approximate surface area is 125 Å². The van der Waals surface area contributed by atoms with Crippen molar-refractivity contribution in [2.45, 2.75) is 25.9 Å². The molecule has 0 atom stereocenters. The van der Waals surface area contributed by atoms with Crippen LogP contribution < -0.4 is 0 Å². The molecule has 7 heteroatoms. The highest BCUT2D eigenvalue weighted by molar-refractivity contribution is 5.97. The van der Waals surface area contributed by atoms with Crippen molar-refractivity contribution >= 4 is 18.0 Å². The molecule has 4 nitrogen and oxygen atoms in total. The van der Waals surface area contributed by atoms with E-state index < -0.39 is 29.2 Å². The zero-order valence-corrected chi connectivity index (χ0v) is 11.8. The molecule has 1 rings (SSSR count). The molecule has 0 aliphatic heterocycles. The number of unbranched alkanes of at least 4 members (excludes halogenated alkanes) is 1. The number of carbonyl (C=O) groups excluding carboxylic acids is 1. The third-order valence-electron chi connectivity index (χ3n) is 2.74. The largest absolute Gasteiger partial charge is 0.478 e. The SMILES string of the molecule is CCCCOC(=O)c1c(C=CC(=O)O)cccc1C(F)(F)F. The third kappa shape index (κ3) is 4.91. The highest BCUT2D eigenvalue weighted by atomic mass is 19.4. The number of rotatable bonds is 6. The Morgan fingerprint density at radius 3 is 2.55 bits per heavy atom. The van der Waals surface area contributed by atoms with Crippen LogP contribution in [-0.4, -0.2) is 23.7 Å². The standard InChI is InChI=1S/C15H15F3O4/c1-2-3-9-22-14(21)13-10(7-8-12(19)20)5-4-6-11(13)15(16,17)18/h4-8H,2-3,9H2,1H3,(H,19,20). The zero-order valence-electron chi connectivity index (χ0n) is 11.8. The molecule has 0 saturated carbocycles. The summed E-state index contributed by atoms with van der Waals surface area (Å²) in [6, 6.07) is 3.09. The van der Waals surface area contributed by atoms with Gasteiger partial charge in [-0.1, -0.05) is 25.5 Å². The van der Waals surface area contributed by atoms with Crippen LogP contribution >= 0.6 is 0 Å². The van der Waals surface area contributed by atoms with E-state index in [1.54, 1.807) is 0 Å². The predicted octanol–water partition coefficient (Wildman–Crippen LogP) is 3.76. The van der Waals surface area contributed by atoms with E-state index in [1.807, 2.05) is 6.92 Å². The summed E-state index contributed by atoms with van der Waals surface area (Å²) in [7, 11) is 0. The van der Waals surface area contributed by atoms with Crippen molar-refractivity contribution in [1.29, 1.82) is 0 Å². The van der Waals surface area contributed by atoms with Gasteiger partial charge < -0.3 is 9.84 Å². The molecular weight excluding hydrogens is 301 g/mol. The first-order valence-corrected chi connectivity index (χ1v) is 6.55. The van der Waals surface area contributed by atoms with Gasteiger partial charge in [0.2, 0.25) is 0 Å². The molecule has 0 bridgehead atoms. The fraction of sp³-hybridized carbons (Fsp3) is 0.333. The van der Waals surface area contributed by atoms with Crippen LogP contribution in [0, 0.1) is 0 Å². The molecule has 120 valence electrons. The molecule has 0 heterocycles. The number of benzene rings is 1. The second-order valence-electron chi connectivity index (χ2n) is 4.43. The highest BCUT2D eigenvalue weighted by Gasteiger charge is 2.36. The van der Waals surface area contributed by atoms with Gasteiger partial charge >= 0.3 is 18.1 Å². The van der Waals surface area contributed by atoms with Gasteiger partial charge in [-0.15, -0.1) is 0 Å². The molecule has 1 aromatic rings. The minimum Gasteiger partial charge on any atom is -0.478 e. The lowest BCUT2D eigenvalue weighted by Gasteiger charge is -2.14. The molecule has 0 aliphatic carbocycles. The van der Waals surface area contributed by atoms with Gasteiger partial charge in [-0.3, -0.25) is 0 Å². The summed E-state index contributed by atoms with van der Waals surface area (Å²) in [5, 5.41) is 8.58. The number of esters is 1. The molecule has 0 unspecified atom stereocenters. The van der Waals surface area contributed by atoms with Gasteiger partial charge in [0.15, 0.2) is 0 Å². The second kappa shape index (κ2) is 7.63. The zero-order chi connectivity index (χ0) is 16.8. The van der Waals surface area contributed by atoms with Crippen molar-refractivity contribution in [2.75, 3.05) is 6.61 Å². The van der Waals surface area contributed by atoms with Crippen LogP contribution in [0.3, 0.4) is 0 Å². The van der Waals surface area contributed by atoms with Crippen LogP contribution in [0.15, 0.2) is 24.3 Å². The lowest BCUT2D eigenvalue weighted by molar-refractivity contribution is -0.138. The number of alkyl halides is 3. The van der Waals surface area contributed by atoms with Crippen molar-refractivity contribution in [3.05, 3.63) is 41.0 Å². The average molecular weight is 316 g/mol. The summed E-state index contributed by atoms with van der Waals surface area (Å²) in [6.45, 7) is 1.85. The Morgan fingerprint density at radius 2 is 2.00 bits per heavy atom. The van der Waals surface area contributed by atoms with Gasteiger partial charge in [0, 0.05) is 6.08 Å². The first-order valence-electron chi connectivity index (χ1n) is 6.55. The highest BCUT2D eigenvalue weighted by Crippen LogP contribution is 2.34. The van der Waals surface area contributed by atoms with Crippen molar-refractivity contribution < 1.29 is 32.6 Å². The molecule has 1 N–H and O–H groups in total. The Bertz CT molecular complexity index is 577. The summed E-state index contributed by atoms with van der Waals surface area (Å²) in [5.74, 6) is -2.45. The van der Waals surface area contributed by atoms with Crippen molar-refractivity contribution in [3.63, 3.8) is 0 Å². The van der Waals surface area contributed by atoms with E-state index in [0.717, 1.165) is 24.6 Å². The molecule has 0 aliphatic rings. The Hall–Kier alpha value is -2.31. The van der Waals surface area contributed by atoms with Crippen LogP contribution in [0.25, 0.3) is 6.08 Å². The lowest BCUT2D eigenvalue weighted by atomic mass is 10.00. The molecular formula is C15H15F3O4. The molecule has 0 aromatic heterocycles. The van der Waals surface area contributed by atoms with E-state index in [0.29, 0.717) is 12.5 Å². The minimum atomic E-state index is -4.74. The number of carboxylic acids is 1.